The fourth-order valence-electron chi connectivity index (χ4n) is 2.65. The molecule has 0 aliphatic heterocycles. The summed E-state index contributed by atoms with van der Waals surface area (Å²) in [6, 6.07) is 6.12. The highest BCUT2D eigenvalue weighted by Crippen LogP contribution is 2.39. The number of carboxylic acids is 1. The number of fused-ring (bicyclic) bond motifs is 1. The number of aryl methyl sites for hydroxylation is 1. The van der Waals surface area contributed by atoms with E-state index in [-0.39, 0.29) is 11.6 Å². The second-order valence-corrected chi connectivity index (χ2v) is 6.79. The van der Waals surface area contributed by atoms with Crippen LogP contribution >= 0.6 is 22.9 Å². The Hall–Kier alpha value is -1.59. The lowest BCUT2D eigenvalue weighted by Crippen LogP contribution is -2.16. The van der Waals surface area contributed by atoms with E-state index in [0.717, 1.165) is 29.2 Å². The Labute approximate surface area is 130 Å². The third-order valence-electron chi connectivity index (χ3n) is 3.62. The smallest absolute Gasteiger partial charge is 0.338 e. The van der Waals surface area contributed by atoms with Gasteiger partial charge in [-0.3, -0.25) is 0 Å². The van der Waals surface area contributed by atoms with Gasteiger partial charge in [0.15, 0.2) is 0 Å². The molecule has 0 bridgehead atoms. The molecule has 1 heterocycles. The maximum atomic E-state index is 13.4. The average Bonchev–Trinajstić information content (AvgIpc) is 2.82. The molecule has 0 radical (unpaired) electrons. The molecule has 0 saturated heterocycles. The second kappa shape index (κ2) is 5.66. The summed E-state index contributed by atoms with van der Waals surface area (Å²) in [6.45, 7) is 0. The Morgan fingerprint density at radius 3 is 3.00 bits per heavy atom. The summed E-state index contributed by atoms with van der Waals surface area (Å²) in [5, 5.41) is 12.3. The lowest BCUT2D eigenvalue weighted by molar-refractivity contribution is 0.0692. The molecule has 0 amide bonds. The molecule has 21 heavy (non-hydrogen) atoms. The molecule has 0 spiro atoms. The number of carboxylic acid groups (broad SMARTS) is 1. The van der Waals surface area contributed by atoms with E-state index >= 15 is 0 Å². The lowest BCUT2D eigenvalue weighted by Gasteiger charge is -2.24. The zero-order valence-corrected chi connectivity index (χ0v) is 12.6. The third kappa shape index (κ3) is 2.89. The van der Waals surface area contributed by atoms with Crippen LogP contribution in [-0.4, -0.2) is 11.1 Å². The molecule has 110 valence electrons. The Morgan fingerprint density at radius 2 is 2.24 bits per heavy atom. The summed E-state index contributed by atoms with van der Waals surface area (Å²) >= 11 is 7.66. The number of anilines is 1. The Kier molecular flexibility index (Phi) is 3.87. The number of aromatic carboxylic acids is 1. The summed E-state index contributed by atoms with van der Waals surface area (Å²) in [5.74, 6) is -1.99. The Balaban J connectivity index is 1.88. The lowest BCUT2D eigenvalue weighted by atomic mass is 9.94. The van der Waals surface area contributed by atoms with Crippen LogP contribution in [0.1, 0.15) is 39.7 Å². The van der Waals surface area contributed by atoms with Crippen LogP contribution in [0.2, 0.25) is 4.34 Å². The van der Waals surface area contributed by atoms with Gasteiger partial charge >= 0.3 is 5.97 Å². The number of carbonyl (C=O) groups is 1. The van der Waals surface area contributed by atoms with E-state index < -0.39 is 11.8 Å². The number of thiophene rings is 1. The number of benzene rings is 1. The molecule has 1 atom stereocenters. The first-order valence-corrected chi connectivity index (χ1v) is 7.81. The highest BCUT2D eigenvalue weighted by molar-refractivity contribution is 7.16. The molecule has 3 nitrogen and oxygen atoms in total. The van der Waals surface area contributed by atoms with Crippen molar-refractivity contribution in [1.29, 1.82) is 0 Å². The SMILES string of the molecule is O=C(O)c1cc(NC2CCCc3sc(Cl)cc32)ccc1F. The van der Waals surface area contributed by atoms with Crippen LogP contribution in [-0.2, 0) is 6.42 Å². The van der Waals surface area contributed by atoms with Crippen LogP contribution in [0.3, 0.4) is 0 Å². The molecule has 1 unspecified atom stereocenters. The predicted molar refractivity (Wildman–Crippen MR) is 82.0 cm³/mol. The minimum absolute atomic E-state index is 0.0876. The summed E-state index contributed by atoms with van der Waals surface area (Å²) in [4.78, 5) is 12.3. The average molecular weight is 326 g/mol. The molecular formula is C15H13ClFNO2S. The van der Waals surface area contributed by atoms with Crippen LogP contribution in [0.4, 0.5) is 10.1 Å². The fourth-order valence-corrected chi connectivity index (χ4v) is 4.04. The van der Waals surface area contributed by atoms with E-state index in [0.29, 0.717) is 5.69 Å². The van der Waals surface area contributed by atoms with E-state index in [1.807, 2.05) is 6.07 Å². The quantitative estimate of drug-likeness (QED) is 0.857. The first-order chi connectivity index (χ1) is 10.0. The molecule has 0 fully saturated rings. The number of nitrogens with one attached hydrogen (secondary N) is 1. The zero-order chi connectivity index (χ0) is 15.0. The van der Waals surface area contributed by atoms with Gasteiger partial charge in [-0.1, -0.05) is 11.6 Å². The molecule has 6 heteroatoms. The minimum atomic E-state index is -1.26. The van der Waals surface area contributed by atoms with E-state index in [2.05, 4.69) is 5.32 Å². The summed E-state index contributed by atoms with van der Waals surface area (Å²) in [5.41, 5.74) is 1.45. The monoisotopic (exact) mass is 325 g/mol. The fraction of sp³-hybridized carbons (Fsp3) is 0.267. The van der Waals surface area contributed by atoms with Crippen LogP contribution in [0, 0.1) is 5.82 Å². The van der Waals surface area contributed by atoms with Crippen molar-refractivity contribution in [3.8, 4) is 0 Å². The van der Waals surface area contributed by atoms with Gasteiger partial charge in [0.25, 0.3) is 0 Å². The molecule has 1 aliphatic carbocycles. The second-order valence-electron chi connectivity index (χ2n) is 5.02. The van der Waals surface area contributed by atoms with Crippen molar-refractivity contribution in [3.63, 3.8) is 0 Å². The highest BCUT2D eigenvalue weighted by Gasteiger charge is 2.23. The summed E-state index contributed by atoms with van der Waals surface area (Å²) < 4.78 is 14.2. The van der Waals surface area contributed by atoms with Crippen molar-refractivity contribution in [3.05, 3.63) is 50.4 Å². The zero-order valence-electron chi connectivity index (χ0n) is 11.0. The molecule has 3 rings (SSSR count). The topological polar surface area (TPSA) is 49.3 Å². The van der Waals surface area contributed by atoms with Gasteiger partial charge in [0, 0.05) is 10.6 Å². The van der Waals surface area contributed by atoms with Gasteiger partial charge in [0.2, 0.25) is 0 Å². The summed E-state index contributed by atoms with van der Waals surface area (Å²) in [6.07, 6.45) is 3.02. The van der Waals surface area contributed by atoms with Gasteiger partial charge < -0.3 is 10.4 Å². The van der Waals surface area contributed by atoms with E-state index in [4.69, 9.17) is 16.7 Å². The first kappa shape index (κ1) is 14.4. The van der Waals surface area contributed by atoms with Gasteiger partial charge in [-0.25, -0.2) is 9.18 Å². The molecular weight excluding hydrogens is 313 g/mol. The Morgan fingerprint density at radius 1 is 1.43 bits per heavy atom. The van der Waals surface area contributed by atoms with Crippen LogP contribution in [0.15, 0.2) is 24.3 Å². The van der Waals surface area contributed by atoms with Crippen molar-refractivity contribution in [1.82, 2.24) is 0 Å². The molecule has 1 aliphatic rings. The first-order valence-electron chi connectivity index (χ1n) is 6.62. The number of hydrogen-bond donors (Lipinski definition) is 2. The Bertz CT molecular complexity index is 701. The van der Waals surface area contributed by atoms with Gasteiger partial charge in [-0.05, 0) is 49.1 Å². The molecule has 1 aromatic carbocycles. The normalized spacial score (nSPS) is 17.3. The van der Waals surface area contributed by atoms with Gasteiger partial charge in [0.1, 0.15) is 5.82 Å². The highest BCUT2D eigenvalue weighted by atomic mass is 35.5. The molecule has 1 aromatic heterocycles. The molecule has 2 aromatic rings. The van der Waals surface area contributed by atoms with Crippen LogP contribution in [0.5, 0.6) is 0 Å². The van der Waals surface area contributed by atoms with Gasteiger partial charge in [0.05, 0.1) is 15.9 Å². The maximum Gasteiger partial charge on any atom is 0.338 e. The largest absolute Gasteiger partial charge is 0.478 e. The predicted octanol–water partition coefficient (Wildman–Crippen LogP) is 4.73. The van der Waals surface area contributed by atoms with Crippen LogP contribution < -0.4 is 5.32 Å². The van der Waals surface area contributed by atoms with E-state index in [1.54, 1.807) is 17.4 Å². The van der Waals surface area contributed by atoms with Crippen molar-refractivity contribution >= 4 is 34.6 Å². The number of halogens is 2. The third-order valence-corrected chi connectivity index (χ3v) is 4.96. The van der Waals surface area contributed by atoms with Crippen LogP contribution in [0.25, 0.3) is 0 Å². The summed E-state index contributed by atoms with van der Waals surface area (Å²) in [7, 11) is 0. The minimum Gasteiger partial charge on any atom is -0.478 e. The standard InChI is InChI=1S/C15H13ClFNO2S/c16-14-7-10-12(2-1-3-13(10)21-14)18-8-4-5-11(17)9(6-8)15(19)20/h4-7,12,18H,1-3H2,(H,19,20). The number of hydrogen-bond acceptors (Lipinski definition) is 3. The number of rotatable bonds is 3. The van der Waals surface area contributed by atoms with Crippen molar-refractivity contribution in [2.45, 2.75) is 25.3 Å². The maximum absolute atomic E-state index is 13.4. The van der Waals surface area contributed by atoms with E-state index in [1.165, 1.54) is 17.0 Å². The van der Waals surface area contributed by atoms with Crippen molar-refractivity contribution < 1.29 is 14.3 Å². The molecule has 2 N–H and O–H groups in total. The van der Waals surface area contributed by atoms with Crippen molar-refractivity contribution in [2.24, 2.45) is 0 Å². The van der Waals surface area contributed by atoms with E-state index in [9.17, 15) is 9.18 Å². The van der Waals surface area contributed by atoms with Crippen molar-refractivity contribution in [2.75, 3.05) is 5.32 Å². The molecule has 0 saturated carbocycles. The van der Waals surface area contributed by atoms with Gasteiger partial charge in [-0.15, -0.1) is 11.3 Å². The van der Waals surface area contributed by atoms with Gasteiger partial charge in [-0.2, -0.15) is 0 Å².